The van der Waals surface area contributed by atoms with Crippen LogP contribution in [0.1, 0.15) is 46.1 Å². The van der Waals surface area contributed by atoms with Gasteiger partial charge in [0.15, 0.2) is 11.5 Å². The van der Waals surface area contributed by atoms with Crippen molar-refractivity contribution in [3.05, 3.63) is 35.9 Å². The van der Waals surface area contributed by atoms with E-state index in [4.69, 9.17) is 14.2 Å². The molecule has 0 fully saturated rings. The molecule has 4 nitrogen and oxygen atoms in total. The van der Waals surface area contributed by atoms with Crippen LogP contribution >= 0.6 is 0 Å². The standard InChI is InChI=1S/C20H30O4/c1-7-11-20(15(2)3,12-8-13-24-16(4)21)17-9-10-18(22-5)19(14-17)23-6/h7,9-11,14-15H,8,12-13H2,1-6H3/b11-7+. The van der Waals surface area contributed by atoms with Crippen molar-refractivity contribution in [3.63, 3.8) is 0 Å². The average molecular weight is 334 g/mol. The molecule has 0 aliphatic carbocycles. The maximum absolute atomic E-state index is 11.0. The van der Waals surface area contributed by atoms with Crippen molar-refractivity contribution in [2.75, 3.05) is 20.8 Å². The van der Waals surface area contributed by atoms with Gasteiger partial charge < -0.3 is 14.2 Å². The topological polar surface area (TPSA) is 44.8 Å². The van der Waals surface area contributed by atoms with Crippen LogP contribution in [-0.4, -0.2) is 26.8 Å². The number of hydrogen-bond donors (Lipinski definition) is 0. The van der Waals surface area contributed by atoms with Gasteiger partial charge >= 0.3 is 5.97 Å². The molecule has 0 spiro atoms. The minimum atomic E-state index is -0.234. The molecule has 1 aromatic rings. The molecule has 0 aliphatic heterocycles. The second-order valence-electron chi connectivity index (χ2n) is 6.21. The molecule has 0 aliphatic rings. The summed E-state index contributed by atoms with van der Waals surface area (Å²) in [6, 6.07) is 6.08. The van der Waals surface area contributed by atoms with Crippen LogP contribution in [0, 0.1) is 5.92 Å². The second-order valence-corrected chi connectivity index (χ2v) is 6.21. The number of rotatable bonds is 9. The van der Waals surface area contributed by atoms with E-state index in [0.717, 1.165) is 24.3 Å². The normalized spacial score (nSPS) is 13.8. The fraction of sp³-hybridized carbons (Fsp3) is 0.550. The van der Waals surface area contributed by atoms with Crippen LogP contribution < -0.4 is 9.47 Å². The van der Waals surface area contributed by atoms with Gasteiger partial charge in [-0.05, 0) is 43.4 Å². The number of carbonyl (C=O) groups is 1. The summed E-state index contributed by atoms with van der Waals surface area (Å²) >= 11 is 0. The van der Waals surface area contributed by atoms with Gasteiger partial charge in [0.2, 0.25) is 0 Å². The van der Waals surface area contributed by atoms with Crippen LogP contribution in [0.2, 0.25) is 0 Å². The van der Waals surface area contributed by atoms with Crippen LogP contribution in [0.15, 0.2) is 30.4 Å². The fourth-order valence-corrected chi connectivity index (χ4v) is 3.14. The maximum atomic E-state index is 11.0. The molecule has 1 unspecified atom stereocenters. The zero-order chi connectivity index (χ0) is 18.2. The molecule has 0 heterocycles. The van der Waals surface area contributed by atoms with Gasteiger partial charge in [-0.25, -0.2) is 0 Å². The van der Waals surface area contributed by atoms with E-state index in [-0.39, 0.29) is 11.4 Å². The summed E-state index contributed by atoms with van der Waals surface area (Å²) in [6.45, 7) is 8.33. The minimum Gasteiger partial charge on any atom is -0.493 e. The van der Waals surface area contributed by atoms with Gasteiger partial charge in [0.25, 0.3) is 0 Å². The van der Waals surface area contributed by atoms with Crippen LogP contribution in [0.4, 0.5) is 0 Å². The zero-order valence-electron chi connectivity index (χ0n) is 15.7. The summed E-state index contributed by atoms with van der Waals surface area (Å²) in [7, 11) is 3.29. The third kappa shape index (κ3) is 4.76. The number of carbonyl (C=O) groups excluding carboxylic acids is 1. The first kappa shape index (κ1) is 20.1. The Labute approximate surface area is 145 Å². The smallest absolute Gasteiger partial charge is 0.302 e. The summed E-state index contributed by atoms with van der Waals surface area (Å²) in [5.74, 6) is 1.59. The Morgan fingerprint density at radius 3 is 2.38 bits per heavy atom. The first-order chi connectivity index (χ1) is 11.4. The second kappa shape index (κ2) is 9.36. The van der Waals surface area contributed by atoms with Gasteiger partial charge in [0.1, 0.15) is 0 Å². The highest BCUT2D eigenvalue weighted by atomic mass is 16.5. The Hall–Kier alpha value is -1.97. The average Bonchev–Trinajstić information content (AvgIpc) is 2.56. The Balaban J connectivity index is 3.19. The highest BCUT2D eigenvalue weighted by Crippen LogP contribution is 2.42. The molecular formula is C20H30O4. The van der Waals surface area contributed by atoms with E-state index in [9.17, 15) is 4.79 Å². The number of ether oxygens (including phenoxy) is 3. The molecule has 0 radical (unpaired) electrons. The molecule has 134 valence electrons. The lowest BCUT2D eigenvalue weighted by molar-refractivity contribution is -0.141. The predicted octanol–water partition coefficient (Wildman–Crippen LogP) is 4.52. The van der Waals surface area contributed by atoms with Crippen molar-refractivity contribution in [1.29, 1.82) is 0 Å². The van der Waals surface area contributed by atoms with Crippen molar-refractivity contribution in [2.45, 2.75) is 46.0 Å². The lowest BCUT2D eigenvalue weighted by atomic mass is 9.68. The molecule has 4 heteroatoms. The van der Waals surface area contributed by atoms with Gasteiger partial charge in [-0.3, -0.25) is 4.79 Å². The van der Waals surface area contributed by atoms with Crippen molar-refractivity contribution in [2.24, 2.45) is 5.92 Å². The van der Waals surface area contributed by atoms with E-state index in [1.165, 1.54) is 12.5 Å². The Kier molecular flexibility index (Phi) is 7.83. The van der Waals surface area contributed by atoms with E-state index in [2.05, 4.69) is 32.1 Å². The van der Waals surface area contributed by atoms with Crippen molar-refractivity contribution in [3.8, 4) is 11.5 Å². The summed E-state index contributed by atoms with van der Waals surface area (Å²) in [5.41, 5.74) is 1.03. The van der Waals surface area contributed by atoms with E-state index in [1.54, 1.807) is 14.2 Å². The van der Waals surface area contributed by atoms with Crippen molar-refractivity contribution in [1.82, 2.24) is 0 Å². The van der Waals surface area contributed by atoms with E-state index in [0.29, 0.717) is 12.5 Å². The number of methoxy groups -OCH3 is 2. The molecule has 1 atom stereocenters. The minimum absolute atomic E-state index is 0.144. The molecule has 0 N–H and O–H groups in total. The fourth-order valence-electron chi connectivity index (χ4n) is 3.14. The molecule has 0 amide bonds. The van der Waals surface area contributed by atoms with Crippen molar-refractivity contribution < 1.29 is 19.0 Å². The summed E-state index contributed by atoms with van der Waals surface area (Å²) in [4.78, 5) is 11.0. The SMILES string of the molecule is C/C=C/C(CCCOC(C)=O)(c1ccc(OC)c(OC)c1)C(C)C. The number of hydrogen-bond acceptors (Lipinski definition) is 4. The molecule has 1 aromatic carbocycles. The lowest BCUT2D eigenvalue weighted by Crippen LogP contribution is -2.31. The van der Waals surface area contributed by atoms with E-state index >= 15 is 0 Å². The summed E-state index contributed by atoms with van der Waals surface area (Å²) < 4.78 is 15.9. The molecule has 0 saturated carbocycles. The molecule has 0 bridgehead atoms. The van der Waals surface area contributed by atoms with Gasteiger partial charge in [0, 0.05) is 12.3 Å². The third-order valence-corrected chi connectivity index (χ3v) is 4.46. The number of allylic oxidation sites excluding steroid dienone is 2. The zero-order valence-corrected chi connectivity index (χ0v) is 15.7. The molecule has 24 heavy (non-hydrogen) atoms. The first-order valence-electron chi connectivity index (χ1n) is 8.41. The van der Waals surface area contributed by atoms with Crippen LogP contribution in [0.3, 0.4) is 0 Å². The van der Waals surface area contributed by atoms with E-state index < -0.39 is 0 Å². The predicted molar refractivity (Wildman–Crippen MR) is 96.7 cm³/mol. The molecular weight excluding hydrogens is 304 g/mol. The van der Waals surface area contributed by atoms with Gasteiger partial charge in [0.05, 0.1) is 20.8 Å². The largest absolute Gasteiger partial charge is 0.493 e. The Morgan fingerprint density at radius 1 is 1.21 bits per heavy atom. The van der Waals surface area contributed by atoms with Crippen LogP contribution in [0.25, 0.3) is 0 Å². The Bertz CT molecular complexity index is 563. The molecule has 0 aromatic heterocycles. The molecule has 1 rings (SSSR count). The van der Waals surface area contributed by atoms with Crippen molar-refractivity contribution >= 4 is 5.97 Å². The van der Waals surface area contributed by atoms with Gasteiger partial charge in [-0.2, -0.15) is 0 Å². The van der Waals surface area contributed by atoms with Gasteiger partial charge in [-0.15, -0.1) is 0 Å². The quantitative estimate of drug-likeness (QED) is 0.378. The maximum Gasteiger partial charge on any atom is 0.302 e. The van der Waals surface area contributed by atoms with Crippen LogP contribution in [-0.2, 0) is 14.9 Å². The van der Waals surface area contributed by atoms with E-state index in [1.807, 2.05) is 19.1 Å². The summed E-state index contributed by atoms with van der Waals surface area (Å²) in [6.07, 6.45) is 6.02. The monoisotopic (exact) mass is 334 g/mol. The first-order valence-corrected chi connectivity index (χ1v) is 8.41. The lowest BCUT2D eigenvalue weighted by Gasteiger charge is -2.36. The Morgan fingerprint density at radius 2 is 1.88 bits per heavy atom. The highest BCUT2D eigenvalue weighted by molar-refractivity contribution is 5.65. The summed E-state index contributed by atoms with van der Waals surface area (Å²) in [5, 5.41) is 0. The number of benzene rings is 1. The third-order valence-electron chi connectivity index (χ3n) is 4.46. The van der Waals surface area contributed by atoms with Gasteiger partial charge in [-0.1, -0.05) is 32.1 Å². The number of esters is 1. The van der Waals surface area contributed by atoms with Crippen LogP contribution in [0.5, 0.6) is 11.5 Å². The molecule has 0 saturated heterocycles. The highest BCUT2D eigenvalue weighted by Gasteiger charge is 2.33.